The predicted octanol–water partition coefficient (Wildman–Crippen LogP) is 2.50. The lowest BCUT2D eigenvalue weighted by Crippen LogP contribution is -2.08. The van der Waals surface area contributed by atoms with Crippen LogP contribution in [0.5, 0.6) is 0 Å². The number of ether oxygens (including phenoxy) is 1. The summed E-state index contributed by atoms with van der Waals surface area (Å²) >= 11 is 0. The lowest BCUT2D eigenvalue weighted by Gasteiger charge is -2.16. The van der Waals surface area contributed by atoms with Gasteiger partial charge in [-0.25, -0.2) is 0 Å². The summed E-state index contributed by atoms with van der Waals surface area (Å²) in [5.74, 6) is 0.725. The molecule has 1 nitrogen and oxygen atoms in total. The molecule has 0 fully saturated rings. The summed E-state index contributed by atoms with van der Waals surface area (Å²) in [6.45, 7) is 4.35. The molecule has 0 aromatic rings. The zero-order valence-electron chi connectivity index (χ0n) is 6.25. The van der Waals surface area contributed by atoms with E-state index in [4.69, 9.17) is 4.74 Å². The van der Waals surface area contributed by atoms with Gasteiger partial charge in [0.15, 0.2) is 0 Å². The summed E-state index contributed by atoms with van der Waals surface area (Å²) in [4.78, 5) is 0. The average Bonchev–Trinajstić information content (AvgIpc) is 2.03. The quantitative estimate of drug-likeness (QED) is 0.430. The van der Waals surface area contributed by atoms with Crippen molar-refractivity contribution in [1.29, 1.82) is 0 Å². The van der Waals surface area contributed by atoms with Crippen LogP contribution in [-0.2, 0) is 4.74 Å². The maximum atomic E-state index is 5.10. The molecule has 0 saturated heterocycles. The molecule has 10 heavy (non-hydrogen) atoms. The molecule has 1 aliphatic rings. The van der Waals surface area contributed by atoms with Crippen LogP contribution in [0.1, 0.15) is 19.3 Å². The minimum Gasteiger partial charge on any atom is -0.502 e. The van der Waals surface area contributed by atoms with Gasteiger partial charge in [0.25, 0.3) is 0 Å². The number of rotatable bonds is 3. The van der Waals surface area contributed by atoms with Gasteiger partial charge in [-0.2, -0.15) is 0 Å². The molecule has 0 aliphatic heterocycles. The van der Waals surface area contributed by atoms with E-state index >= 15 is 0 Å². The fourth-order valence-electron chi connectivity index (χ4n) is 1.21. The van der Waals surface area contributed by atoms with Gasteiger partial charge in [0.05, 0.1) is 12.9 Å². The predicted molar refractivity (Wildman–Crippen MR) is 42.6 cm³/mol. The first-order valence-corrected chi connectivity index (χ1v) is 3.81. The Morgan fingerprint density at radius 3 is 3.10 bits per heavy atom. The smallest absolute Gasteiger partial charge is 0.0904 e. The van der Waals surface area contributed by atoms with E-state index in [0.717, 1.165) is 12.5 Å². The molecule has 1 heteroatoms. The highest BCUT2D eigenvalue weighted by molar-refractivity contribution is 4.89. The van der Waals surface area contributed by atoms with Gasteiger partial charge in [0, 0.05) is 0 Å². The molecule has 1 aliphatic carbocycles. The lowest BCUT2D eigenvalue weighted by atomic mass is 9.95. The Morgan fingerprint density at radius 2 is 2.50 bits per heavy atom. The molecule has 0 N–H and O–H groups in total. The molecule has 0 spiro atoms. The van der Waals surface area contributed by atoms with E-state index in [1.165, 1.54) is 25.5 Å². The average molecular weight is 138 g/mol. The van der Waals surface area contributed by atoms with E-state index in [0.29, 0.717) is 0 Å². The summed E-state index contributed by atoms with van der Waals surface area (Å²) in [7, 11) is 0. The SMILES string of the molecule is C=COCC1CC=CCC1. The Morgan fingerprint density at radius 1 is 1.60 bits per heavy atom. The van der Waals surface area contributed by atoms with Crippen LogP contribution < -0.4 is 0 Å². The second-order valence-electron chi connectivity index (χ2n) is 2.65. The molecule has 0 radical (unpaired) electrons. The lowest BCUT2D eigenvalue weighted by molar-refractivity contribution is 0.188. The van der Waals surface area contributed by atoms with Crippen LogP contribution in [0.3, 0.4) is 0 Å². The van der Waals surface area contributed by atoms with Crippen molar-refractivity contribution in [3.8, 4) is 0 Å². The van der Waals surface area contributed by atoms with Crippen molar-refractivity contribution >= 4 is 0 Å². The van der Waals surface area contributed by atoms with Crippen molar-refractivity contribution in [2.75, 3.05) is 6.61 Å². The summed E-state index contributed by atoms with van der Waals surface area (Å²) < 4.78 is 5.10. The van der Waals surface area contributed by atoms with Crippen molar-refractivity contribution in [3.63, 3.8) is 0 Å². The van der Waals surface area contributed by atoms with Gasteiger partial charge in [-0.05, 0) is 25.2 Å². The standard InChI is InChI=1S/C9H14O/c1-2-10-8-9-6-4-3-5-7-9/h2-4,9H,1,5-8H2. The largest absolute Gasteiger partial charge is 0.502 e. The van der Waals surface area contributed by atoms with Crippen LogP contribution in [0.15, 0.2) is 25.0 Å². The molecular weight excluding hydrogens is 124 g/mol. The first kappa shape index (κ1) is 7.39. The fourth-order valence-corrected chi connectivity index (χ4v) is 1.21. The zero-order chi connectivity index (χ0) is 7.23. The van der Waals surface area contributed by atoms with Crippen molar-refractivity contribution in [1.82, 2.24) is 0 Å². The summed E-state index contributed by atoms with van der Waals surface area (Å²) in [6, 6.07) is 0. The van der Waals surface area contributed by atoms with E-state index in [1.54, 1.807) is 0 Å². The maximum absolute atomic E-state index is 5.10. The van der Waals surface area contributed by atoms with Crippen molar-refractivity contribution < 1.29 is 4.74 Å². The molecule has 0 aromatic heterocycles. The molecule has 0 saturated carbocycles. The second-order valence-corrected chi connectivity index (χ2v) is 2.65. The van der Waals surface area contributed by atoms with Crippen molar-refractivity contribution in [2.45, 2.75) is 19.3 Å². The van der Waals surface area contributed by atoms with Gasteiger partial charge >= 0.3 is 0 Å². The van der Waals surface area contributed by atoms with Crippen LogP contribution in [0.4, 0.5) is 0 Å². The van der Waals surface area contributed by atoms with E-state index in [-0.39, 0.29) is 0 Å². The van der Waals surface area contributed by atoms with Gasteiger partial charge in [-0.15, -0.1) is 0 Å². The van der Waals surface area contributed by atoms with Crippen LogP contribution in [0.2, 0.25) is 0 Å². The Labute approximate surface area is 62.4 Å². The Kier molecular flexibility index (Phi) is 3.07. The van der Waals surface area contributed by atoms with E-state index in [2.05, 4.69) is 18.7 Å². The molecule has 0 aromatic carbocycles. The first-order chi connectivity index (χ1) is 4.93. The number of allylic oxidation sites excluding steroid dienone is 2. The maximum Gasteiger partial charge on any atom is 0.0904 e. The highest BCUT2D eigenvalue weighted by Gasteiger charge is 2.08. The van der Waals surface area contributed by atoms with E-state index in [9.17, 15) is 0 Å². The number of hydrogen-bond acceptors (Lipinski definition) is 1. The Balaban J connectivity index is 2.15. The normalized spacial score (nSPS) is 24.2. The van der Waals surface area contributed by atoms with Crippen LogP contribution in [0, 0.1) is 5.92 Å². The Bertz CT molecular complexity index is 127. The third-order valence-corrected chi connectivity index (χ3v) is 1.83. The monoisotopic (exact) mass is 138 g/mol. The summed E-state index contributed by atoms with van der Waals surface area (Å²) in [5.41, 5.74) is 0. The van der Waals surface area contributed by atoms with E-state index < -0.39 is 0 Å². The highest BCUT2D eigenvalue weighted by atomic mass is 16.5. The van der Waals surface area contributed by atoms with Gasteiger partial charge in [0.1, 0.15) is 0 Å². The van der Waals surface area contributed by atoms with Crippen LogP contribution in [-0.4, -0.2) is 6.61 Å². The van der Waals surface area contributed by atoms with Gasteiger partial charge in [-0.3, -0.25) is 0 Å². The van der Waals surface area contributed by atoms with Gasteiger partial charge in [0.2, 0.25) is 0 Å². The van der Waals surface area contributed by atoms with Crippen LogP contribution in [0.25, 0.3) is 0 Å². The minimum absolute atomic E-state index is 0.725. The third-order valence-electron chi connectivity index (χ3n) is 1.83. The van der Waals surface area contributed by atoms with Crippen molar-refractivity contribution in [2.24, 2.45) is 5.92 Å². The highest BCUT2D eigenvalue weighted by Crippen LogP contribution is 2.17. The van der Waals surface area contributed by atoms with Gasteiger partial charge in [-0.1, -0.05) is 18.7 Å². The molecule has 56 valence electrons. The molecule has 0 bridgehead atoms. The summed E-state index contributed by atoms with van der Waals surface area (Å²) in [6.07, 6.45) is 9.66. The molecule has 0 heterocycles. The topological polar surface area (TPSA) is 9.23 Å². The Hall–Kier alpha value is -0.720. The molecule has 1 unspecified atom stereocenters. The summed E-state index contributed by atoms with van der Waals surface area (Å²) in [5, 5.41) is 0. The minimum atomic E-state index is 0.725. The van der Waals surface area contributed by atoms with Gasteiger partial charge < -0.3 is 4.74 Å². The molecule has 1 atom stereocenters. The number of hydrogen-bond donors (Lipinski definition) is 0. The van der Waals surface area contributed by atoms with E-state index in [1.807, 2.05) is 0 Å². The molecular formula is C9H14O. The second kappa shape index (κ2) is 4.15. The van der Waals surface area contributed by atoms with Crippen LogP contribution >= 0.6 is 0 Å². The third kappa shape index (κ3) is 2.26. The van der Waals surface area contributed by atoms with Crippen molar-refractivity contribution in [3.05, 3.63) is 25.0 Å². The molecule has 1 rings (SSSR count). The first-order valence-electron chi connectivity index (χ1n) is 3.81. The molecule has 0 amide bonds. The fraction of sp³-hybridized carbons (Fsp3) is 0.556. The zero-order valence-corrected chi connectivity index (χ0v) is 6.25.